The van der Waals surface area contributed by atoms with E-state index in [0.29, 0.717) is 16.7 Å². The molecule has 2 aromatic carbocycles. The number of aryl methyl sites for hydroxylation is 1. The van der Waals surface area contributed by atoms with Gasteiger partial charge in [-0.25, -0.2) is 4.98 Å². The van der Waals surface area contributed by atoms with Gasteiger partial charge in [0.25, 0.3) is 5.56 Å². The second kappa shape index (κ2) is 8.05. The van der Waals surface area contributed by atoms with Crippen LogP contribution >= 0.6 is 15.9 Å². The highest BCUT2D eigenvalue weighted by molar-refractivity contribution is 9.10. The van der Waals surface area contributed by atoms with Crippen LogP contribution < -0.4 is 10.3 Å². The van der Waals surface area contributed by atoms with Crippen LogP contribution in [-0.4, -0.2) is 23.0 Å². The zero-order valence-corrected chi connectivity index (χ0v) is 17.4. The molecule has 0 aliphatic rings. The van der Waals surface area contributed by atoms with Crippen molar-refractivity contribution in [2.24, 2.45) is 5.10 Å². The summed E-state index contributed by atoms with van der Waals surface area (Å²) in [5.41, 5.74) is 2.46. The minimum Gasteiger partial charge on any atom is -0.497 e. The lowest BCUT2D eigenvalue weighted by Crippen LogP contribution is -2.23. The average Bonchev–Trinajstić information content (AvgIpc) is 2.67. The third-order valence-corrected chi connectivity index (χ3v) is 5.17. The lowest BCUT2D eigenvalue weighted by Gasteiger charge is -2.14. The molecule has 0 aliphatic heterocycles. The normalized spacial score (nSPS) is 12.6. The molecule has 0 amide bonds. The molecule has 3 rings (SSSR count). The zero-order chi connectivity index (χ0) is 19.6. The van der Waals surface area contributed by atoms with E-state index in [1.807, 2.05) is 37.3 Å². The molecule has 6 heteroatoms. The molecule has 0 aliphatic carbocycles. The number of nitrogens with zero attached hydrogens (tertiary/aromatic N) is 3. The zero-order valence-electron chi connectivity index (χ0n) is 15.9. The highest BCUT2D eigenvalue weighted by Crippen LogP contribution is 2.21. The molecule has 0 radical (unpaired) electrons. The summed E-state index contributed by atoms with van der Waals surface area (Å²) >= 11 is 3.42. The molecular weight excluding hydrogens is 406 g/mol. The van der Waals surface area contributed by atoms with Gasteiger partial charge in [-0.3, -0.25) is 4.79 Å². The van der Waals surface area contributed by atoms with Gasteiger partial charge in [0.05, 0.1) is 24.2 Å². The van der Waals surface area contributed by atoms with Gasteiger partial charge in [-0.2, -0.15) is 9.78 Å². The second-order valence-corrected chi connectivity index (χ2v) is 7.44. The van der Waals surface area contributed by atoms with E-state index >= 15 is 0 Å². The SMILES string of the molecule is CC[C@H](C)c1nc2ccc(Br)cc2c(=O)n1N=Cc1ccc(OC)cc1C. The minimum absolute atomic E-state index is 0.111. The van der Waals surface area contributed by atoms with Crippen molar-refractivity contribution < 1.29 is 4.74 Å². The van der Waals surface area contributed by atoms with Crippen molar-refractivity contribution >= 4 is 33.0 Å². The summed E-state index contributed by atoms with van der Waals surface area (Å²) < 4.78 is 7.51. The van der Waals surface area contributed by atoms with E-state index in [1.54, 1.807) is 19.4 Å². The first kappa shape index (κ1) is 19.3. The predicted octanol–water partition coefficient (Wildman–Crippen LogP) is 4.87. The molecular formula is C21H22BrN3O2. The highest BCUT2D eigenvalue weighted by Gasteiger charge is 2.15. The summed E-state index contributed by atoms with van der Waals surface area (Å²) in [5, 5.41) is 5.04. The molecule has 5 nitrogen and oxygen atoms in total. The van der Waals surface area contributed by atoms with Crippen LogP contribution in [0.1, 0.15) is 43.1 Å². The van der Waals surface area contributed by atoms with Gasteiger partial charge in [0.1, 0.15) is 11.6 Å². The number of halogens is 1. The maximum absolute atomic E-state index is 13.1. The van der Waals surface area contributed by atoms with Gasteiger partial charge in [-0.15, -0.1) is 0 Å². The van der Waals surface area contributed by atoms with Crippen molar-refractivity contribution in [2.75, 3.05) is 7.11 Å². The van der Waals surface area contributed by atoms with Crippen molar-refractivity contribution in [1.29, 1.82) is 0 Å². The number of ether oxygens (including phenoxy) is 1. The Bertz CT molecular complexity index is 1070. The van der Waals surface area contributed by atoms with Gasteiger partial charge in [0.15, 0.2) is 0 Å². The van der Waals surface area contributed by atoms with Crippen LogP contribution in [0.15, 0.2) is 50.8 Å². The number of benzene rings is 2. The fourth-order valence-electron chi connectivity index (χ4n) is 2.82. The maximum Gasteiger partial charge on any atom is 0.282 e. The van der Waals surface area contributed by atoms with Gasteiger partial charge in [-0.1, -0.05) is 29.8 Å². The third-order valence-electron chi connectivity index (χ3n) is 4.68. The summed E-state index contributed by atoms with van der Waals surface area (Å²) in [5.74, 6) is 1.57. The minimum atomic E-state index is -0.168. The molecule has 1 aromatic heterocycles. The molecule has 0 spiro atoms. The van der Waals surface area contributed by atoms with E-state index < -0.39 is 0 Å². The van der Waals surface area contributed by atoms with Crippen LogP contribution in [0.3, 0.4) is 0 Å². The van der Waals surface area contributed by atoms with Gasteiger partial charge in [0.2, 0.25) is 0 Å². The Morgan fingerprint density at radius 2 is 2.07 bits per heavy atom. The Hall–Kier alpha value is -2.47. The molecule has 1 heterocycles. The summed E-state index contributed by atoms with van der Waals surface area (Å²) in [4.78, 5) is 17.8. The number of fused-ring (bicyclic) bond motifs is 1. The van der Waals surface area contributed by atoms with Gasteiger partial charge < -0.3 is 4.74 Å². The van der Waals surface area contributed by atoms with Gasteiger partial charge in [-0.05, 0) is 60.9 Å². The Labute approximate surface area is 166 Å². The summed E-state index contributed by atoms with van der Waals surface area (Å²) in [6, 6.07) is 11.3. The highest BCUT2D eigenvalue weighted by atomic mass is 79.9. The fraction of sp³-hybridized carbons (Fsp3) is 0.286. The Balaban J connectivity index is 2.17. The second-order valence-electron chi connectivity index (χ2n) is 6.52. The van der Waals surface area contributed by atoms with Crippen LogP contribution in [0.4, 0.5) is 0 Å². The first-order valence-corrected chi connectivity index (χ1v) is 9.65. The number of hydrogen-bond donors (Lipinski definition) is 0. The van der Waals surface area contributed by atoms with E-state index in [-0.39, 0.29) is 11.5 Å². The van der Waals surface area contributed by atoms with Crippen LogP contribution in [0, 0.1) is 6.92 Å². The Kier molecular flexibility index (Phi) is 5.75. The van der Waals surface area contributed by atoms with E-state index in [1.165, 1.54) is 4.68 Å². The van der Waals surface area contributed by atoms with E-state index in [2.05, 4.69) is 34.9 Å². The van der Waals surface area contributed by atoms with Crippen LogP contribution in [0.2, 0.25) is 0 Å². The molecule has 0 unspecified atom stereocenters. The largest absolute Gasteiger partial charge is 0.497 e. The van der Waals surface area contributed by atoms with E-state index in [0.717, 1.165) is 27.8 Å². The van der Waals surface area contributed by atoms with E-state index in [4.69, 9.17) is 9.72 Å². The first-order chi connectivity index (χ1) is 12.9. The average molecular weight is 428 g/mol. The molecule has 27 heavy (non-hydrogen) atoms. The smallest absolute Gasteiger partial charge is 0.282 e. The number of methoxy groups -OCH3 is 1. The van der Waals surface area contributed by atoms with Crippen LogP contribution in [-0.2, 0) is 0 Å². The third kappa shape index (κ3) is 3.95. The molecule has 0 fully saturated rings. The predicted molar refractivity (Wildman–Crippen MR) is 113 cm³/mol. The quantitative estimate of drug-likeness (QED) is 0.545. The van der Waals surface area contributed by atoms with Gasteiger partial charge in [0, 0.05) is 10.4 Å². The fourth-order valence-corrected chi connectivity index (χ4v) is 3.18. The monoisotopic (exact) mass is 427 g/mol. The molecule has 0 N–H and O–H groups in total. The summed E-state index contributed by atoms with van der Waals surface area (Å²) in [6.07, 6.45) is 2.57. The Morgan fingerprint density at radius 3 is 2.74 bits per heavy atom. The Morgan fingerprint density at radius 1 is 1.30 bits per heavy atom. The number of aromatic nitrogens is 2. The van der Waals surface area contributed by atoms with Crippen molar-refractivity contribution in [3.63, 3.8) is 0 Å². The van der Waals surface area contributed by atoms with Gasteiger partial charge >= 0.3 is 0 Å². The summed E-state index contributed by atoms with van der Waals surface area (Å²) in [6.45, 7) is 6.11. The lowest BCUT2D eigenvalue weighted by atomic mass is 10.1. The van der Waals surface area contributed by atoms with Crippen LogP contribution in [0.5, 0.6) is 5.75 Å². The molecule has 3 aromatic rings. The van der Waals surface area contributed by atoms with Crippen molar-refractivity contribution in [3.8, 4) is 5.75 Å². The van der Waals surface area contributed by atoms with Crippen molar-refractivity contribution in [1.82, 2.24) is 9.66 Å². The maximum atomic E-state index is 13.1. The van der Waals surface area contributed by atoms with Crippen molar-refractivity contribution in [3.05, 3.63) is 68.2 Å². The number of rotatable bonds is 5. The molecule has 0 bridgehead atoms. The number of hydrogen-bond acceptors (Lipinski definition) is 4. The standard InChI is InChI=1S/C21H22BrN3O2/c1-5-13(2)20-24-19-9-7-16(22)11-18(19)21(26)25(20)23-12-15-6-8-17(27-4)10-14(15)3/h6-13H,5H2,1-4H3/t13-/m0/s1. The summed E-state index contributed by atoms with van der Waals surface area (Å²) in [7, 11) is 1.64. The van der Waals surface area contributed by atoms with Crippen LogP contribution in [0.25, 0.3) is 10.9 Å². The van der Waals surface area contributed by atoms with E-state index in [9.17, 15) is 4.79 Å². The molecule has 1 atom stereocenters. The molecule has 140 valence electrons. The van der Waals surface area contributed by atoms with Crippen molar-refractivity contribution in [2.45, 2.75) is 33.1 Å². The topological polar surface area (TPSA) is 56.5 Å². The molecule has 0 saturated carbocycles. The molecule has 0 saturated heterocycles. The lowest BCUT2D eigenvalue weighted by molar-refractivity contribution is 0.414. The first-order valence-electron chi connectivity index (χ1n) is 8.85.